The van der Waals surface area contributed by atoms with Gasteiger partial charge in [-0.15, -0.1) is 0 Å². The summed E-state index contributed by atoms with van der Waals surface area (Å²) in [6.07, 6.45) is -14.1. The van der Waals surface area contributed by atoms with Crippen LogP contribution in [0.15, 0.2) is 30.3 Å². The number of ether oxygens (including phenoxy) is 8. The molecule has 0 radical (unpaired) electrons. The van der Waals surface area contributed by atoms with Crippen molar-refractivity contribution in [1.29, 1.82) is 0 Å². The molecule has 0 aliphatic carbocycles. The Labute approximate surface area is 265 Å². The first-order chi connectivity index (χ1) is 22.6. The number of rotatable bonds is 7. The van der Waals surface area contributed by atoms with Crippen molar-refractivity contribution in [3.05, 3.63) is 41.5 Å². The van der Waals surface area contributed by atoms with Gasteiger partial charge < -0.3 is 73.6 Å². The van der Waals surface area contributed by atoms with E-state index in [4.69, 9.17) is 37.9 Å². The van der Waals surface area contributed by atoms with Crippen LogP contribution in [0.5, 0.6) is 28.7 Å². The van der Waals surface area contributed by atoms with E-state index >= 15 is 0 Å². The van der Waals surface area contributed by atoms with Gasteiger partial charge in [0.15, 0.2) is 23.0 Å². The van der Waals surface area contributed by atoms with E-state index in [0.717, 1.165) is 0 Å². The molecule has 3 aromatic rings. The highest BCUT2D eigenvalue weighted by atomic mass is 16.7. The van der Waals surface area contributed by atoms with Gasteiger partial charge in [-0.25, -0.2) is 4.79 Å². The number of methoxy groups -OCH3 is 1. The van der Waals surface area contributed by atoms with Crippen molar-refractivity contribution in [2.24, 2.45) is 0 Å². The Morgan fingerprint density at radius 3 is 2.30 bits per heavy atom. The topological polar surface area (TPSA) is 233 Å². The fourth-order valence-corrected chi connectivity index (χ4v) is 6.12. The maximum absolute atomic E-state index is 13.4. The number of hydrogen-bond acceptors (Lipinski definition) is 16. The lowest BCUT2D eigenvalue weighted by Crippen LogP contribution is -2.60. The van der Waals surface area contributed by atoms with E-state index in [1.807, 2.05) is 0 Å². The molecule has 16 nitrogen and oxygen atoms in total. The summed E-state index contributed by atoms with van der Waals surface area (Å²) in [7, 11) is 1.36. The Bertz CT molecular complexity index is 1690. The van der Waals surface area contributed by atoms with Crippen molar-refractivity contribution in [3.63, 3.8) is 0 Å². The van der Waals surface area contributed by atoms with Crippen molar-refractivity contribution >= 4 is 16.7 Å². The summed E-state index contributed by atoms with van der Waals surface area (Å²) in [6, 6.07) is 8.10. The number of fused-ring (bicyclic) bond motifs is 3. The van der Waals surface area contributed by atoms with Crippen LogP contribution in [-0.2, 0) is 20.8 Å². The van der Waals surface area contributed by atoms with Gasteiger partial charge >= 0.3 is 5.97 Å². The minimum absolute atomic E-state index is 0.00637. The summed E-state index contributed by atoms with van der Waals surface area (Å²) < 4.78 is 45.3. The van der Waals surface area contributed by atoms with Crippen molar-refractivity contribution in [1.82, 2.24) is 0 Å². The number of carbonyl (C=O) groups excluding carboxylic acids is 1. The quantitative estimate of drug-likeness (QED) is 0.149. The zero-order valence-corrected chi connectivity index (χ0v) is 24.7. The van der Waals surface area contributed by atoms with Gasteiger partial charge in [-0.1, -0.05) is 6.07 Å². The summed E-state index contributed by atoms with van der Waals surface area (Å²) in [4.78, 5) is 13.4. The number of hydrogen-bond donors (Lipinski definition) is 7. The predicted octanol–water partition coefficient (Wildman–Crippen LogP) is -1.09. The number of cyclic esters (lactones) is 1. The molecule has 0 bridgehead atoms. The Morgan fingerprint density at radius 2 is 1.53 bits per heavy atom. The van der Waals surface area contributed by atoms with Crippen LogP contribution in [0.2, 0.25) is 0 Å². The van der Waals surface area contributed by atoms with E-state index in [9.17, 15) is 40.5 Å². The van der Waals surface area contributed by atoms with Crippen LogP contribution in [0.1, 0.15) is 15.9 Å². The summed E-state index contributed by atoms with van der Waals surface area (Å²) in [5, 5.41) is 72.6. The molecule has 4 aliphatic heterocycles. The second-order valence-electron chi connectivity index (χ2n) is 11.4. The first-order valence-electron chi connectivity index (χ1n) is 14.7. The number of aliphatic hydroxyl groups excluding tert-OH is 7. The maximum atomic E-state index is 13.4. The van der Waals surface area contributed by atoms with Gasteiger partial charge in [-0.2, -0.15) is 0 Å². The highest BCUT2D eigenvalue weighted by Gasteiger charge is 2.46. The SMILES string of the molecule is COc1cc2c(-c3ccc4c(c3)OCO4)c3c(c(O[C@@H]4O[C@H](CO)[C@@H](O)[C@H](O)[C@H]4O)c2cc1OC1OC[C@@H](O)[C@H](O)[C@H]1O)COC3=O. The number of benzene rings is 3. The molecule has 2 saturated heterocycles. The molecular formula is C31H32O16. The van der Waals surface area contributed by atoms with Crippen molar-refractivity contribution in [3.8, 4) is 39.9 Å². The molecule has 7 N–H and O–H groups in total. The maximum Gasteiger partial charge on any atom is 0.339 e. The Kier molecular flexibility index (Phi) is 8.23. The van der Waals surface area contributed by atoms with E-state index in [-0.39, 0.29) is 53.8 Å². The minimum atomic E-state index is -1.78. The molecular weight excluding hydrogens is 628 g/mol. The average Bonchev–Trinajstić information content (AvgIpc) is 3.71. The van der Waals surface area contributed by atoms with Crippen molar-refractivity contribution in [2.45, 2.75) is 61.9 Å². The van der Waals surface area contributed by atoms with Crippen LogP contribution in [0, 0.1) is 0 Å². The third-order valence-corrected chi connectivity index (χ3v) is 8.64. The van der Waals surface area contributed by atoms with Crippen LogP contribution in [-0.4, -0.2) is 124 Å². The summed E-state index contributed by atoms with van der Waals surface area (Å²) >= 11 is 0. The predicted molar refractivity (Wildman–Crippen MR) is 154 cm³/mol. The Morgan fingerprint density at radius 1 is 0.787 bits per heavy atom. The Balaban J connectivity index is 1.43. The third kappa shape index (κ3) is 5.27. The molecule has 0 aromatic heterocycles. The van der Waals surface area contributed by atoms with Gasteiger partial charge in [-0.3, -0.25) is 0 Å². The molecule has 252 valence electrons. The van der Waals surface area contributed by atoms with Crippen molar-refractivity contribution < 1.29 is 78.4 Å². The molecule has 3 aromatic carbocycles. The largest absolute Gasteiger partial charge is 0.493 e. The lowest BCUT2D eigenvalue weighted by Gasteiger charge is -2.40. The lowest BCUT2D eigenvalue weighted by atomic mass is 9.89. The van der Waals surface area contributed by atoms with Gasteiger partial charge in [0, 0.05) is 16.5 Å². The van der Waals surface area contributed by atoms with E-state index in [1.165, 1.54) is 19.2 Å². The molecule has 2 fully saturated rings. The fourth-order valence-electron chi connectivity index (χ4n) is 6.12. The standard InChI is InChI=1S/C31H32O16/c1-40-17-5-12-13(6-19(17)45-30-26(37)23(34)15(33)9-42-30)28(47-31-27(38)25(36)24(35)20(7-32)46-31)14-8-41-29(39)22(14)21(12)11-2-3-16-18(4-11)44-10-43-16/h2-6,15,20,23-27,30-38H,7-10H2,1H3/t15-,20-,23+,24-,25+,26-,27-,30?,31+/m1/s1. The smallest absolute Gasteiger partial charge is 0.339 e. The fraction of sp³-hybridized carbons (Fsp3) is 0.452. The number of carbonyl (C=O) groups is 1. The van der Waals surface area contributed by atoms with Gasteiger partial charge in [0.2, 0.25) is 19.4 Å². The van der Waals surface area contributed by atoms with Crippen LogP contribution in [0.3, 0.4) is 0 Å². The molecule has 1 unspecified atom stereocenters. The van der Waals surface area contributed by atoms with Crippen molar-refractivity contribution in [2.75, 3.05) is 27.1 Å². The van der Waals surface area contributed by atoms with E-state index in [1.54, 1.807) is 18.2 Å². The third-order valence-electron chi connectivity index (χ3n) is 8.64. The summed E-state index contributed by atoms with van der Waals surface area (Å²) in [5.74, 6) is 0.343. The monoisotopic (exact) mass is 660 g/mol. The number of aliphatic hydroxyl groups is 7. The zero-order chi connectivity index (χ0) is 33.1. The van der Waals surface area contributed by atoms with Crippen LogP contribution >= 0.6 is 0 Å². The molecule has 0 spiro atoms. The normalized spacial score (nSPS) is 31.4. The molecule has 9 atom stereocenters. The minimum Gasteiger partial charge on any atom is -0.493 e. The van der Waals surface area contributed by atoms with Gasteiger partial charge in [0.25, 0.3) is 0 Å². The second-order valence-corrected chi connectivity index (χ2v) is 11.4. The van der Waals surface area contributed by atoms with Gasteiger partial charge in [0.05, 0.1) is 25.9 Å². The Hall–Kier alpha value is -3.97. The molecule has 16 heteroatoms. The van der Waals surface area contributed by atoms with E-state index in [0.29, 0.717) is 28.0 Å². The van der Waals surface area contributed by atoms with Gasteiger partial charge in [0.1, 0.15) is 55.1 Å². The molecule has 47 heavy (non-hydrogen) atoms. The molecule has 4 aliphatic rings. The second kappa shape index (κ2) is 12.2. The highest BCUT2D eigenvalue weighted by molar-refractivity contribution is 6.14. The zero-order valence-electron chi connectivity index (χ0n) is 24.7. The molecule has 0 saturated carbocycles. The first-order valence-corrected chi connectivity index (χ1v) is 14.7. The molecule has 4 heterocycles. The van der Waals surface area contributed by atoms with E-state index < -0.39 is 67.9 Å². The highest BCUT2D eigenvalue weighted by Crippen LogP contribution is 2.50. The van der Waals surface area contributed by atoms with Gasteiger partial charge in [-0.05, 0) is 35.2 Å². The van der Waals surface area contributed by atoms with Crippen LogP contribution in [0.4, 0.5) is 0 Å². The van der Waals surface area contributed by atoms with E-state index in [2.05, 4.69) is 0 Å². The summed E-state index contributed by atoms with van der Waals surface area (Å²) in [6.45, 7) is -1.27. The van der Waals surface area contributed by atoms with Crippen LogP contribution < -0.4 is 23.7 Å². The molecule has 7 rings (SSSR count). The van der Waals surface area contributed by atoms with Crippen LogP contribution in [0.25, 0.3) is 21.9 Å². The molecule has 0 amide bonds. The first kappa shape index (κ1) is 31.6. The number of esters is 1. The summed E-state index contributed by atoms with van der Waals surface area (Å²) in [5.41, 5.74) is 1.30. The lowest BCUT2D eigenvalue weighted by molar-refractivity contribution is -0.277. The average molecular weight is 661 g/mol.